The maximum Gasteiger partial charge on any atom is 0.237 e. The third-order valence-electron chi connectivity index (χ3n) is 3.62. The number of hydrogen-bond acceptors (Lipinski definition) is 3. The number of rotatable bonds is 6. The van der Waals surface area contributed by atoms with Gasteiger partial charge >= 0.3 is 0 Å². The zero-order valence-electron chi connectivity index (χ0n) is 14.4. The van der Waals surface area contributed by atoms with Crippen molar-refractivity contribution in [2.45, 2.75) is 26.0 Å². The number of benzene rings is 2. The zero-order valence-corrected chi connectivity index (χ0v) is 16.0. The SMILES string of the molecule is Cc1ccc(NC(=O)CS[C@H](C)C(=O)Nc2ccc(Cl)cc2C)cc1. The first kappa shape index (κ1) is 19.3. The van der Waals surface area contributed by atoms with Crippen LogP contribution in [0.4, 0.5) is 11.4 Å². The van der Waals surface area contributed by atoms with E-state index in [1.807, 2.05) is 38.1 Å². The molecule has 2 rings (SSSR count). The van der Waals surface area contributed by atoms with Crippen LogP contribution in [-0.4, -0.2) is 22.8 Å². The Kier molecular flexibility index (Phi) is 6.91. The molecule has 0 radical (unpaired) electrons. The van der Waals surface area contributed by atoms with Gasteiger partial charge in [0.2, 0.25) is 11.8 Å². The van der Waals surface area contributed by atoms with Gasteiger partial charge in [0.05, 0.1) is 11.0 Å². The van der Waals surface area contributed by atoms with Gasteiger partial charge in [0.25, 0.3) is 0 Å². The van der Waals surface area contributed by atoms with Gasteiger partial charge in [-0.1, -0.05) is 29.3 Å². The van der Waals surface area contributed by atoms with Crippen LogP contribution in [0.1, 0.15) is 18.1 Å². The van der Waals surface area contributed by atoms with Crippen LogP contribution in [0.5, 0.6) is 0 Å². The molecule has 2 amide bonds. The summed E-state index contributed by atoms with van der Waals surface area (Å²) < 4.78 is 0. The highest BCUT2D eigenvalue weighted by atomic mass is 35.5. The zero-order chi connectivity index (χ0) is 18.4. The van der Waals surface area contributed by atoms with Crippen molar-refractivity contribution in [3.05, 3.63) is 58.6 Å². The third kappa shape index (κ3) is 6.11. The maximum absolute atomic E-state index is 12.3. The number of anilines is 2. The lowest BCUT2D eigenvalue weighted by Crippen LogP contribution is -2.25. The Morgan fingerprint density at radius 3 is 2.40 bits per heavy atom. The van der Waals surface area contributed by atoms with E-state index in [9.17, 15) is 9.59 Å². The van der Waals surface area contributed by atoms with E-state index in [0.717, 1.165) is 22.5 Å². The lowest BCUT2D eigenvalue weighted by molar-refractivity contribution is -0.115. The second kappa shape index (κ2) is 8.92. The molecule has 0 saturated carbocycles. The summed E-state index contributed by atoms with van der Waals surface area (Å²) in [4.78, 5) is 24.3. The summed E-state index contributed by atoms with van der Waals surface area (Å²) in [6.07, 6.45) is 0. The average molecular weight is 377 g/mol. The third-order valence-corrected chi connectivity index (χ3v) is 4.99. The molecule has 0 unspecified atom stereocenters. The fraction of sp³-hybridized carbons (Fsp3) is 0.263. The van der Waals surface area contributed by atoms with Crippen molar-refractivity contribution >= 4 is 46.6 Å². The highest BCUT2D eigenvalue weighted by molar-refractivity contribution is 8.01. The van der Waals surface area contributed by atoms with Crippen molar-refractivity contribution in [2.24, 2.45) is 0 Å². The Balaban J connectivity index is 1.82. The molecule has 6 heteroatoms. The van der Waals surface area contributed by atoms with E-state index in [1.165, 1.54) is 11.8 Å². The molecule has 0 bridgehead atoms. The van der Waals surface area contributed by atoms with Crippen LogP contribution in [0.3, 0.4) is 0 Å². The number of aryl methyl sites for hydroxylation is 2. The summed E-state index contributed by atoms with van der Waals surface area (Å²) in [6, 6.07) is 12.9. The average Bonchev–Trinajstić information content (AvgIpc) is 2.57. The molecule has 1 atom stereocenters. The molecular formula is C19H21ClN2O2S. The molecule has 0 aliphatic carbocycles. The second-order valence-electron chi connectivity index (χ2n) is 5.82. The van der Waals surface area contributed by atoms with E-state index < -0.39 is 0 Å². The lowest BCUT2D eigenvalue weighted by Gasteiger charge is -2.14. The van der Waals surface area contributed by atoms with Gasteiger partial charge in [0.1, 0.15) is 0 Å². The van der Waals surface area contributed by atoms with Crippen LogP contribution in [0.15, 0.2) is 42.5 Å². The molecule has 4 nitrogen and oxygen atoms in total. The summed E-state index contributed by atoms with van der Waals surface area (Å²) >= 11 is 7.21. The summed E-state index contributed by atoms with van der Waals surface area (Å²) in [6.45, 7) is 5.66. The van der Waals surface area contributed by atoms with Gasteiger partial charge in [0, 0.05) is 16.4 Å². The van der Waals surface area contributed by atoms with Gasteiger partial charge in [-0.2, -0.15) is 0 Å². The van der Waals surface area contributed by atoms with Gasteiger partial charge in [-0.3, -0.25) is 9.59 Å². The minimum atomic E-state index is -0.348. The lowest BCUT2D eigenvalue weighted by atomic mass is 10.2. The molecule has 0 fully saturated rings. The Bertz CT molecular complexity index is 763. The number of halogens is 1. The predicted octanol–water partition coefficient (Wildman–Crippen LogP) is 4.66. The molecule has 0 heterocycles. The standard InChI is InChI=1S/C19H21ClN2O2S/c1-12-4-7-16(8-5-12)21-18(23)11-25-14(3)19(24)22-17-9-6-15(20)10-13(17)2/h4-10,14H,11H2,1-3H3,(H,21,23)(H,22,24)/t14-/m1/s1. The number of thioether (sulfide) groups is 1. The molecule has 0 saturated heterocycles. The maximum atomic E-state index is 12.3. The van der Waals surface area contributed by atoms with E-state index in [-0.39, 0.29) is 22.8 Å². The Labute approximate surface area is 157 Å². The number of hydrogen-bond donors (Lipinski definition) is 2. The van der Waals surface area contributed by atoms with Crippen LogP contribution < -0.4 is 10.6 Å². The van der Waals surface area contributed by atoms with Crippen molar-refractivity contribution in [2.75, 3.05) is 16.4 Å². The van der Waals surface area contributed by atoms with E-state index in [2.05, 4.69) is 10.6 Å². The highest BCUT2D eigenvalue weighted by Gasteiger charge is 2.16. The van der Waals surface area contributed by atoms with E-state index >= 15 is 0 Å². The normalized spacial score (nSPS) is 11.7. The Morgan fingerprint density at radius 1 is 1.08 bits per heavy atom. The molecule has 25 heavy (non-hydrogen) atoms. The minimum Gasteiger partial charge on any atom is -0.325 e. The van der Waals surface area contributed by atoms with Gasteiger partial charge in [0.15, 0.2) is 0 Å². The van der Waals surface area contributed by atoms with Crippen LogP contribution in [0, 0.1) is 13.8 Å². The van der Waals surface area contributed by atoms with Crippen LogP contribution in [0.2, 0.25) is 5.02 Å². The molecular weight excluding hydrogens is 356 g/mol. The quantitative estimate of drug-likeness (QED) is 0.771. The van der Waals surface area contributed by atoms with Crippen molar-refractivity contribution in [3.8, 4) is 0 Å². The molecule has 0 aromatic heterocycles. The van der Waals surface area contributed by atoms with Crippen molar-refractivity contribution < 1.29 is 9.59 Å². The number of carbonyl (C=O) groups excluding carboxylic acids is 2. The van der Waals surface area contributed by atoms with E-state index in [4.69, 9.17) is 11.6 Å². The van der Waals surface area contributed by atoms with E-state index in [0.29, 0.717) is 5.02 Å². The van der Waals surface area contributed by atoms with Gasteiger partial charge in [-0.15, -0.1) is 11.8 Å². The first-order chi connectivity index (χ1) is 11.8. The van der Waals surface area contributed by atoms with Crippen LogP contribution >= 0.6 is 23.4 Å². The highest BCUT2D eigenvalue weighted by Crippen LogP contribution is 2.21. The number of amides is 2. The van der Waals surface area contributed by atoms with Gasteiger partial charge in [-0.25, -0.2) is 0 Å². The molecule has 0 aliphatic heterocycles. The molecule has 2 N–H and O–H groups in total. The topological polar surface area (TPSA) is 58.2 Å². The number of nitrogens with one attached hydrogen (secondary N) is 2. The Morgan fingerprint density at radius 2 is 1.76 bits per heavy atom. The summed E-state index contributed by atoms with van der Waals surface area (Å²) in [7, 11) is 0. The largest absolute Gasteiger partial charge is 0.325 e. The predicted molar refractivity (Wildman–Crippen MR) is 107 cm³/mol. The molecule has 2 aromatic carbocycles. The van der Waals surface area contributed by atoms with Gasteiger partial charge < -0.3 is 10.6 Å². The van der Waals surface area contributed by atoms with Crippen molar-refractivity contribution in [1.29, 1.82) is 0 Å². The monoisotopic (exact) mass is 376 g/mol. The summed E-state index contributed by atoms with van der Waals surface area (Å²) in [5.74, 6) is -0.0584. The molecule has 132 valence electrons. The minimum absolute atomic E-state index is 0.129. The van der Waals surface area contributed by atoms with E-state index in [1.54, 1.807) is 25.1 Å². The first-order valence-electron chi connectivity index (χ1n) is 7.90. The summed E-state index contributed by atoms with van der Waals surface area (Å²) in [5, 5.41) is 5.97. The number of carbonyl (C=O) groups is 2. The fourth-order valence-corrected chi connectivity index (χ4v) is 3.02. The molecule has 0 spiro atoms. The van der Waals surface area contributed by atoms with Crippen molar-refractivity contribution in [1.82, 2.24) is 0 Å². The van der Waals surface area contributed by atoms with Crippen LogP contribution in [-0.2, 0) is 9.59 Å². The molecule has 2 aromatic rings. The Hall–Kier alpha value is -1.98. The van der Waals surface area contributed by atoms with Crippen molar-refractivity contribution in [3.63, 3.8) is 0 Å². The second-order valence-corrected chi connectivity index (χ2v) is 7.58. The fourth-order valence-electron chi connectivity index (χ4n) is 2.11. The smallest absolute Gasteiger partial charge is 0.237 e. The van der Waals surface area contributed by atoms with Gasteiger partial charge in [-0.05, 0) is 56.7 Å². The van der Waals surface area contributed by atoms with Crippen LogP contribution in [0.25, 0.3) is 0 Å². The molecule has 0 aliphatic rings. The summed E-state index contributed by atoms with van der Waals surface area (Å²) in [5.41, 5.74) is 3.52. The first-order valence-corrected chi connectivity index (χ1v) is 9.33.